The lowest BCUT2D eigenvalue weighted by molar-refractivity contribution is 0.166. The van der Waals surface area contributed by atoms with Gasteiger partial charge in [0.2, 0.25) is 0 Å². The van der Waals surface area contributed by atoms with Crippen molar-refractivity contribution >= 4 is 0 Å². The Morgan fingerprint density at radius 3 is 2.91 bits per heavy atom. The third kappa shape index (κ3) is 1.55. The van der Waals surface area contributed by atoms with Gasteiger partial charge in [0.05, 0.1) is 6.61 Å². The van der Waals surface area contributed by atoms with Crippen molar-refractivity contribution < 1.29 is 4.74 Å². The van der Waals surface area contributed by atoms with E-state index in [-0.39, 0.29) is 0 Å². The van der Waals surface area contributed by atoms with E-state index in [2.05, 4.69) is 10.6 Å². The average Bonchev–Trinajstić information content (AvgIpc) is 2.32. The highest BCUT2D eigenvalue weighted by molar-refractivity contribution is 4.93. The van der Waals surface area contributed by atoms with Crippen LogP contribution in [0.5, 0.6) is 0 Å². The minimum absolute atomic E-state index is 0.323. The molecule has 2 heterocycles. The molecular weight excluding hydrogens is 140 g/mol. The van der Waals surface area contributed by atoms with E-state index < -0.39 is 0 Å². The molecule has 3 nitrogen and oxygen atoms in total. The predicted molar refractivity (Wildman–Crippen MR) is 43.7 cm³/mol. The Labute approximate surface area is 67.5 Å². The van der Waals surface area contributed by atoms with Gasteiger partial charge in [-0.25, -0.2) is 0 Å². The number of rotatable bonds is 0. The van der Waals surface area contributed by atoms with E-state index in [4.69, 9.17) is 4.74 Å². The Morgan fingerprint density at radius 1 is 1.09 bits per heavy atom. The summed E-state index contributed by atoms with van der Waals surface area (Å²) in [4.78, 5) is 0. The number of hydrogen-bond acceptors (Lipinski definition) is 3. The van der Waals surface area contributed by atoms with Crippen LogP contribution in [0.3, 0.4) is 0 Å². The standard InChI is InChI=1S/C8H16N2O/c1-3-9-4-5-10-8(1)2-6-11-7-8/h9-10H,1-7H2. The quantitative estimate of drug-likeness (QED) is 0.506. The van der Waals surface area contributed by atoms with Gasteiger partial charge in [0.25, 0.3) is 0 Å². The largest absolute Gasteiger partial charge is 0.379 e. The van der Waals surface area contributed by atoms with Gasteiger partial charge >= 0.3 is 0 Å². The third-order valence-electron chi connectivity index (χ3n) is 2.69. The topological polar surface area (TPSA) is 33.3 Å². The Bertz CT molecular complexity index is 122. The van der Waals surface area contributed by atoms with Crippen molar-refractivity contribution in [2.24, 2.45) is 0 Å². The van der Waals surface area contributed by atoms with Gasteiger partial charge in [0.1, 0.15) is 0 Å². The minimum atomic E-state index is 0.323. The second-order valence-corrected chi connectivity index (χ2v) is 3.51. The summed E-state index contributed by atoms with van der Waals surface area (Å²) in [6.07, 6.45) is 2.40. The van der Waals surface area contributed by atoms with Crippen LogP contribution in [0.25, 0.3) is 0 Å². The molecule has 2 aliphatic rings. The van der Waals surface area contributed by atoms with Crippen LogP contribution in [0.15, 0.2) is 0 Å². The maximum Gasteiger partial charge on any atom is 0.0649 e. The second kappa shape index (κ2) is 3.09. The molecule has 2 N–H and O–H groups in total. The molecule has 2 rings (SSSR count). The van der Waals surface area contributed by atoms with E-state index in [9.17, 15) is 0 Å². The Kier molecular flexibility index (Phi) is 2.11. The van der Waals surface area contributed by atoms with Gasteiger partial charge in [-0.3, -0.25) is 0 Å². The molecule has 11 heavy (non-hydrogen) atoms. The van der Waals surface area contributed by atoms with E-state index in [1.165, 1.54) is 12.8 Å². The van der Waals surface area contributed by atoms with Gasteiger partial charge < -0.3 is 15.4 Å². The first-order valence-corrected chi connectivity index (χ1v) is 4.45. The van der Waals surface area contributed by atoms with Crippen molar-refractivity contribution in [2.75, 3.05) is 32.8 Å². The van der Waals surface area contributed by atoms with E-state index in [1.54, 1.807) is 0 Å². The molecule has 0 aromatic rings. The monoisotopic (exact) mass is 156 g/mol. The zero-order chi connectivity index (χ0) is 7.57. The highest BCUT2D eigenvalue weighted by Crippen LogP contribution is 2.22. The smallest absolute Gasteiger partial charge is 0.0649 e. The van der Waals surface area contributed by atoms with Crippen LogP contribution < -0.4 is 10.6 Å². The molecule has 1 atom stereocenters. The minimum Gasteiger partial charge on any atom is -0.379 e. The van der Waals surface area contributed by atoms with Crippen LogP contribution in [-0.4, -0.2) is 38.4 Å². The summed E-state index contributed by atoms with van der Waals surface area (Å²) in [5, 5.41) is 6.95. The molecule has 1 unspecified atom stereocenters. The van der Waals surface area contributed by atoms with Gasteiger partial charge in [-0.05, 0) is 19.4 Å². The lowest BCUT2D eigenvalue weighted by atomic mass is 9.95. The second-order valence-electron chi connectivity index (χ2n) is 3.51. The molecule has 0 aromatic carbocycles. The van der Waals surface area contributed by atoms with E-state index in [0.29, 0.717) is 5.54 Å². The maximum atomic E-state index is 5.40. The Balaban J connectivity index is 1.97. The van der Waals surface area contributed by atoms with Crippen LogP contribution in [0.1, 0.15) is 12.8 Å². The van der Waals surface area contributed by atoms with Crippen molar-refractivity contribution in [2.45, 2.75) is 18.4 Å². The molecule has 2 saturated heterocycles. The molecule has 3 heteroatoms. The first-order chi connectivity index (χ1) is 5.41. The fourth-order valence-corrected chi connectivity index (χ4v) is 1.90. The van der Waals surface area contributed by atoms with Crippen molar-refractivity contribution in [1.29, 1.82) is 0 Å². The number of nitrogens with one attached hydrogen (secondary N) is 2. The van der Waals surface area contributed by atoms with Crippen LogP contribution in [0.2, 0.25) is 0 Å². The summed E-state index contributed by atoms with van der Waals surface area (Å²) in [6, 6.07) is 0. The molecular formula is C8H16N2O. The van der Waals surface area contributed by atoms with Gasteiger partial charge in [0, 0.05) is 25.2 Å². The predicted octanol–water partition coefficient (Wildman–Crippen LogP) is -0.272. The van der Waals surface area contributed by atoms with E-state index in [1.807, 2.05) is 0 Å². The molecule has 2 fully saturated rings. The zero-order valence-corrected chi connectivity index (χ0v) is 6.86. The van der Waals surface area contributed by atoms with Gasteiger partial charge in [-0.15, -0.1) is 0 Å². The summed E-state index contributed by atoms with van der Waals surface area (Å²) in [5.41, 5.74) is 0.323. The normalized spacial score (nSPS) is 39.3. The lowest BCUT2D eigenvalue weighted by Crippen LogP contribution is -2.45. The zero-order valence-electron chi connectivity index (χ0n) is 6.86. The van der Waals surface area contributed by atoms with Gasteiger partial charge in [0.15, 0.2) is 0 Å². The first kappa shape index (κ1) is 7.53. The molecule has 0 bridgehead atoms. The highest BCUT2D eigenvalue weighted by Gasteiger charge is 2.34. The molecule has 0 aliphatic carbocycles. The summed E-state index contributed by atoms with van der Waals surface area (Å²) in [5.74, 6) is 0. The summed E-state index contributed by atoms with van der Waals surface area (Å²) < 4.78 is 5.40. The summed E-state index contributed by atoms with van der Waals surface area (Å²) >= 11 is 0. The third-order valence-corrected chi connectivity index (χ3v) is 2.69. The molecule has 0 amide bonds. The first-order valence-electron chi connectivity index (χ1n) is 4.45. The van der Waals surface area contributed by atoms with E-state index >= 15 is 0 Å². The molecule has 1 spiro atoms. The Morgan fingerprint density at radius 2 is 2.09 bits per heavy atom. The Hall–Kier alpha value is -0.120. The maximum absolute atomic E-state index is 5.40. The van der Waals surface area contributed by atoms with Crippen molar-refractivity contribution in [3.05, 3.63) is 0 Å². The SMILES string of the molecule is C1CNC2(CCN1)CCOC2. The molecule has 0 aromatic heterocycles. The molecule has 64 valence electrons. The highest BCUT2D eigenvalue weighted by atomic mass is 16.5. The van der Waals surface area contributed by atoms with Crippen molar-refractivity contribution in [3.63, 3.8) is 0 Å². The summed E-state index contributed by atoms with van der Waals surface area (Å²) in [6.45, 7) is 5.17. The van der Waals surface area contributed by atoms with Crippen LogP contribution in [0.4, 0.5) is 0 Å². The van der Waals surface area contributed by atoms with Gasteiger partial charge in [-0.1, -0.05) is 0 Å². The van der Waals surface area contributed by atoms with Gasteiger partial charge in [-0.2, -0.15) is 0 Å². The number of hydrogen-bond donors (Lipinski definition) is 2. The molecule has 0 radical (unpaired) electrons. The van der Waals surface area contributed by atoms with Crippen molar-refractivity contribution in [1.82, 2.24) is 10.6 Å². The fraction of sp³-hybridized carbons (Fsp3) is 1.00. The van der Waals surface area contributed by atoms with E-state index in [0.717, 1.165) is 32.8 Å². The lowest BCUT2D eigenvalue weighted by Gasteiger charge is -2.26. The van der Waals surface area contributed by atoms with Crippen LogP contribution in [-0.2, 0) is 4.74 Å². The molecule has 0 saturated carbocycles. The fourth-order valence-electron chi connectivity index (χ4n) is 1.90. The van der Waals surface area contributed by atoms with Crippen LogP contribution in [0, 0.1) is 0 Å². The molecule has 2 aliphatic heterocycles. The number of ether oxygens (including phenoxy) is 1. The van der Waals surface area contributed by atoms with Crippen LogP contribution >= 0.6 is 0 Å². The van der Waals surface area contributed by atoms with Crippen molar-refractivity contribution in [3.8, 4) is 0 Å². The average molecular weight is 156 g/mol. The summed E-state index contributed by atoms with van der Waals surface area (Å²) in [7, 11) is 0.